The molecule has 160 valence electrons. The number of anilines is 1. The molecule has 8 heteroatoms. The van der Waals surface area contributed by atoms with Gasteiger partial charge in [-0.3, -0.25) is 13.9 Å². The standard InChI is InChI=1S/C22H27N3O4S/c1-15-4-8-19(9-5-15)30(28,29)24(3)20-14-18(7-6-16(20)2)22(27)25-12-10-17(11-13-25)21(23)26/h4-9,14,17H,10-13H2,1-3H3,(H2,23,26). The minimum atomic E-state index is -3.76. The van der Waals surface area contributed by atoms with Crippen LogP contribution in [-0.2, 0) is 14.8 Å². The van der Waals surface area contributed by atoms with E-state index >= 15 is 0 Å². The van der Waals surface area contributed by atoms with Crippen molar-refractivity contribution in [2.75, 3.05) is 24.4 Å². The Kier molecular flexibility index (Phi) is 6.17. The minimum absolute atomic E-state index is 0.180. The molecule has 1 aliphatic heterocycles. The van der Waals surface area contributed by atoms with Crippen LogP contribution in [0.5, 0.6) is 0 Å². The second kappa shape index (κ2) is 8.47. The number of amides is 2. The van der Waals surface area contributed by atoms with Crippen LogP contribution in [0.4, 0.5) is 5.69 Å². The van der Waals surface area contributed by atoms with E-state index in [0.717, 1.165) is 11.1 Å². The summed E-state index contributed by atoms with van der Waals surface area (Å²) in [7, 11) is -2.27. The predicted octanol–water partition coefficient (Wildman–Crippen LogP) is 2.47. The molecule has 1 fully saturated rings. The molecule has 2 N–H and O–H groups in total. The number of nitrogens with zero attached hydrogens (tertiary/aromatic N) is 2. The summed E-state index contributed by atoms with van der Waals surface area (Å²) in [6.45, 7) is 4.61. The summed E-state index contributed by atoms with van der Waals surface area (Å²) in [5, 5.41) is 0. The van der Waals surface area contributed by atoms with Crippen molar-refractivity contribution in [1.29, 1.82) is 0 Å². The van der Waals surface area contributed by atoms with Crippen LogP contribution >= 0.6 is 0 Å². The smallest absolute Gasteiger partial charge is 0.264 e. The molecule has 0 aliphatic carbocycles. The topological polar surface area (TPSA) is 101 Å². The molecule has 0 radical (unpaired) electrons. The summed E-state index contributed by atoms with van der Waals surface area (Å²) in [4.78, 5) is 26.2. The number of hydrogen-bond acceptors (Lipinski definition) is 4. The fourth-order valence-corrected chi connectivity index (χ4v) is 4.88. The zero-order chi connectivity index (χ0) is 22.1. The minimum Gasteiger partial charge on any atom is -0.369 e. The summed E-state index contributed by atoms with van der Waals surface area (Å²) in [6.07, 6.45) is 1.09. The van der Waals surface area contributed by atoms with E-state index in [0.29, 0.717) is 37.2 Å². The highest BCUT2D eigenvalue weighted by molar-refractivity contribution is 7.92. The lowest BCUT2D eigenvalue weighted by Gasteiger charge is -2.31. The number of piperidine rings is 1. The molecule has 2 aromatic rings. The van der Waals surface area contributed by atoms with E-state index in [1.165, 1.54) is 11.4 Å². The lowest BCUT2D eigenvalue weighted by molar-refractivity contribution is -0.123. The maximum Gasteiger partial charge on any atom is 0.264 e. The average Bonchev–Trinajstić information content (AvgIpc) is 2.73. The molecule has 0 bridgehead atoms. The van der Waals surface area contributed by atoms with Crippen LogP contribution < -0.4 is 10.0 Å². The highest BCUT2D eigenvalue weighted by Crippen LogP contribution is 2.28. The molecule has 1 saturated heterocycles. The van der Waals surface area contributed by atoms with E-state index in [4.69, 9.17) is 5.73 Å². The van der Waals surface area contributed by atoms with E-state index < -0.39 is 10.0 Å². The van der Waals surface area contributed by atoms with Gasteiger partial charge in [-0.15, -0.1) is 0 Å². The summed E-state index contributed by atoms with van der Waals surface area (Å²) >= 11 is 0. The van der Waals surface area contributed by atoms with Crippen molar-refractivity contribution in [3.63, 3.8) is 0 Å². The van der Waals surface area contributed by atoms with Gasteiger partial charge in [-0.25, -0.2) is 8.42 Å². The Bertz CT molecular complexity index is 1060. The van der Waals surface area contributed by atoms with Gasteiger partial charge in [0.15, 0.2) is 0 Å². The van der Waals surface area contributed by atoms with Gasteiger partial charge < -0.3 is 10.6 Å². The van der Waals surface area contributed by atoms with Crippen LogP contribution in [0.3, 0.4) is 0 Å². The number of hydrogen-bond donors (Lipinski definition) is 1. The molecule has 1 aliphatic rings. The third kappa shape index (κ3) is 4.33. The number of nitrogens with two attached hydrogens (primary N) is 1. The van der Waals surface area contributed by atoms with Gasteiger partial charge in [0.2, 0.25) is 5.91 Å². The third-order valence-corrected chi connectivity index (χ3v) is 7.44. The van der Waals surface area contributed by atoms with Gasteiger partial charge in [-0.1, -0.05) is 23.8 Å². The highest BCUT2D eigenvalue weighted by atomic mass is 32.2. The summed E-state index contributed by atoms with van der Waals surface area (Å²) < 4.78 is 27.3. The molecule has 1 heterocycles. The molecule has 7 nitrogen and oxygen atoms in total. The van der Waals surface area contributed by atoms with Crippen LogP contribution in [0.1, 0.15) is 34.3 Å². The van der Waals surface area contributed by atoms with E-state index in [1.54, 1.807) is 47.4 Å². The summed E-state index contributed by atoms with van der Waals surface area (Å²) in [5.74, 6) is -0.712. The highest BCUT2D eigenvalue weighted by Gasteiger charge is 2.28. The molecular weight excluding hydrogens is 402 g/mol. The Labute approximate surface area is 177 Å². The first kappa shape index (κ1) is 21.8. The van der Waals surface area contributed by atoms with Gasteiger partial charge in [-0.05, 0) is 56.5 Å². The van der Waals surface area contributed by atoms with Crippen molar-refractivity contribution in [2.45, 2.75) is 31.6 Å². The Hall–Kier alpha value is -2.87. The zero-order valence-corrected chi connectivity index (χ0v) is 18.3. The molecule has 0 atom stereocenters. The van der Waals surface area contributed by atoms with Crippen molar-refractivity contribution in [3.8, 4) is 0 Å². The first-order valence-electron chi connectivity index (χ1n) is 9.86. The first-order valence-corrected chi connectivity index (χ1v) is 11.3. The van der Waals surface area contributed by atoms with Crippen LogP contribution in [0.25, 0.3) is 0 Å². The SMILES string of the molecule is Cc1ccc(S(=O)(=O)N(C)c2cc(C(=O)N3CCC(C(N)=O)CC3)ccc2C)cc1. The Morgan fingerprint density at radius 1 is 1.03 bits per heavy atom. The Morgan fingerprint density at radius 3 is 2.20 bits per heavy atom. The van der Waals surface area contributed by atoms with Gasteiger partial charge in [0, 0.05) is 31.6 Å². The number of carbonyl (C=O) groups excluding carboxylic acids is 2. The summed E-state index contributed by atoms with van der Waals surface area (Å²) in [6, 6.07) is 11.7. The first-order chi connectivity index (χ1) is 14.1. The van der Waals surface area contributed by atoms with Gasteiger partial charge in [0.1, 0.15) is 0 Å². The van der Waals surface area contributed by atoms with Crippen molar-refractivity contribution in [3.05, 3.63) is 59.2 Å². The number of likely N-dealkylation sites (tertiary alicyclic amines) is 1. The van der Waals surface area contributed by atoms with Crippen LogP contribution in [0.2, 0.25) is 0 Å². The zero-order valence-electron chi connectivity index (χ0n) is 17.5. The van der Waals surface area contributed by atoms with Gasteiger partial charge >= 0.3 is 0 Å². The lowest BCUT2D eigenvalue weighted by Crippen LogP contribution is -2.41. The number of rotatable bonds is 5. The largest absolute Gasteiger partial charge is 0.369 e. The van der Waals surface area contributed by atoms with Crippen LogP contribution in [-0.4, -0.2) is 45.3 Å². The number of carbonyl (C=O) groups is 2. The van der Waals surface area contributed by atoms with Gasteiger partial charge in [0.05, 0.1) is 10.6 Å². The number of aryl methyl sites for hydroxylation is 2. The third-order valence-electron chi connectivity index (χ3n) is 5.66. The predicted molar refractivity (Wildman–Crippen MR) is 116 cm³/mol. The second-order valence-corrected chi connectivity index (χ2v) is 9.72. The second-order valence-electron chi connectivity index (χ2n) is 7.76. The molecule has 0 aromatic heterocycles. The van der Waals surface area contributed by atoms with Crippen LogP contribution in [0, 0.1) is 19.8 Å². The molecule has 0 spiro atoms. The number of benzene rings is 2. The van der Waals surface area contributed by atoms with E-state index in [9.17, 15) is 18.0 Å². The van der Waals surface area contributed by atoms with Crippen molar-refractivity contribution >= 4 is 27.5 Å². The van der Waals surface area contributed by atoms with Crippen molar-refractivity contribution < 1.29 is 18.0 Å². The monoisotopic (exact) mass is 429 g/mol. The maximum absolute atomic E-state index is 13.1. The fourth-order valence-electron chi connectivity index (χ4n) is 3.63. The Morgan fingerprint density at radius 2 is 1.63 bits per heavy atom. The average molecular weight is 430 g/mol. The van der Waals surface area contributed by atoms with E-state index in [1.807, 2.05) is 13.8 Å². The van der Waals surface area contributed by atoms with Gasteiger partial charge in [0.25, 0.3) is 15.9 Å². The van der Waals surface area contributed by atoms with Crippen molar-refractivity contribution in [1.82, 2.24) is 4.90 Å². The lowest BCUT2D eigenvalue weighted by atomic mass is 9.95. The Balaban J connectivity index is 1.85. The van der Waals surface area contributed by atoms with E-state index in [-0.39, 0.29) is 22.6 Å². The normalized spacial score (nSPS) is 15.1. The van der Waals surface area contributed by atoms with E-state index in [2.05, 4.69) is 0 Å². The van der Waals surface area contributed by atoms with Gasteiger partial charge in [-0.2, -0.15) is 0 Å². The molecule has 2 amide bonds. The molecule has 2 aromatic carbocycles. The van der Waals surface area contributed by atoms with Crippen molar-refractivity contribution in [2.24, 2.45) is 11.7 Å². The number of primary amides is 1. The molecule has 3 rings (SSSR count). The van der Waals surface area contributed by atoms with Crippen LogP contribution in [0.15, 0.2) is 47.4 Å². The molecular formula is C22H27N3O4S. The molecule has 0 saturated carbocycles. The molecule has 0 unspecified atom stereocenters. The number of sulfonamides is 1. The fraction of sp³-hybridized carbons (Fsp3) is 0.364. The maximum atomic E-state index is 13.1. The summed E-state index contributed by atoms with van der Waals surface area (Å²) in [5.41, 5.74) is 7.95. The quantitative estimate of drug-likeness (QED) is 0.789. The molecule has 30 heavy (non-hydrogen) atoms.